The minimum Gasteiger partial charge on any atom is -0.481 e. The van der Waals surface area contributed by atoms with Gasteiger partial charge in [-0.15, -0.1) is 0 Å². The van der Waals surface area contributed by atoms with E-state index in [9.17, 15) is 14.7 Å². The number of carbonyl (C=O) groups is 2. The van der Waals surface area contributed by atoms with E-state index in [4.69, 9.17) is 9.84 Å². The molecule has 0 aromatic heterocycles. The van der Waals surface area contributed by atoms with Gasteiger partial charge in [0, 0.05) is 0 Å². The number of aliphatic carboxylic acids is 1. The van der Waals surface area contributed by atoms with Crippen molar-refractivity contribution in [3.63, 3.8) is 0 Å². The van der Waals surface area contributed by atoms with Gasteiger partial charge in [-0.05, 0) is 32.1 Å². The van der Waals surface area contributed by atoms with Crippen molar-refractivity contribution in [1.82, 2.24) is 0 Å². The molecule has 0 heterocycles. The van der Waals surface area contributed by atoms with Gasteiger partial charge >= 0.3 is 11.9 Å². The summed E-state index contributed by atoms with van der Waals surface area (Å²) >= 11 is 0. The number of carboxylic acids is 1. The van der Waals surface area contributed by atoms with Crippen LogP contribution < -0.4 is 0 Å². The topological polar surface area (TPSA) is 83.8 Å². The van der Waals surface area contributed by atoms with Gasteiger partial charge in [-0.3, -0.25) is 9.59 Å². The molecule has 0 aliphatic heterocycles. The highest BCUT2D eigenvalue weighted by Gasteiger charge is 2.30. The van der Waals surface area contributed by atoms with Crippen LogP contribution in [0.25, 0.3) is 0 Å². The second kappa shape index (κ2) is 14.9. The smallest absolute Gasteiger partial charge is 0.309 e. The Morgan fingerprint density at radius 2 is 1.33 bits per heavy atom. The summed E-state index contributed by atoms with van der Waals surface area (Å²) in [4.78, 5) is 23.0. The van der Waals surface area contributed by atoms with Crippen LogP contribution in [0, 0.1) is 11.8 Å². The summed E-state index contributed by atoms with van der Waals surface area (Å²) in [7, 11) is 0. The fourth-order valence-electron chi connectivity index (χ4n) is 3.82. The maximum absolute atomic E-state index is 12.0. The maximum Gasteiger partial charge on any atom is 0.309 e. The van der Waals surface area contributed by atoms with Crippen LogP contribution in [-0.4, -0.2) is 34.9 Å². The lowest BCUT2D eigenvalue weighted by Gasteiger charge is -2.25. The number of unbranched alkanes of at least 4 members (excludes halogenated alkanes) is 9. The van der Waals surface area contributed by atoms with Crippen molar-refractivity contribution in [3.05, 3.63) is 0 Å². The minimum atomic E-state index is -0.770. The molecule has 0 aromatic carbocycles. The number of ether oxygens (including phenoxy) is 1. The quantitative estimate of drug-likeness (QED) is 0.303. The molecular formula is C22H40O5. The number of esters is 1. The fourth-order valence-corrected chi connectivity index (χ4v) is 3.82. The lowest BCUT2D eigenvalue weighted by atomic mass is 9.82. The highest BCUT2D eigenvalue weighted by molar-refractivity contribution is 5.74. The van der Waals surface area contributed by atoms with Gasteiger partial charge in [-0.25, -0.2) is 0 Å². The summed E-state index contributed by atoms with van der Waals surface area (Å²) < 4.78 is 5.24. The summed E-state index contributed by atoms with van der Waals surface area (Å²) in [6, 6.07) is 0. The molecule has 1 saturated carbocycles. The van der Waals surface area contributed by atoms with Crippen LogP contribution in [0.4, 0.5) is 0 Å². The molecule has 0 amide bonds. The van der Waals surface area contributed by atoms with Crippen molar-refractivity contribution in [2.75, 3.05) is 6.61 Å². The Balaban J connectivity index is 1.96. The molecule has 1 atom stereocenters. The molecule has 5 nitrogen and oxygen atoms in total. The van der Waals surface area contributed by atoms with Crippen molar-refractivity contribution in [3.8, 4) is 0 Å². The number of carboxylic acid groups (broad SMARTS) is 1. The molecule has 0 aromatic rings. The van der Waals surface area contributed by atoms with E-state index in [1.807, 2.05) is 0 Å². The zero-order chi connectivity index (χ0) is 19.9. The normalized spacial score (nSPS) is 21.0. The Hall–Kier alpha value is -1.10. The summed E-state index contributed by atoms with van der Waals surface area (Å²) in [5, 5.41) is 19.0. The molecule has 27 heavy (non-hydrogen) atoms. The number of aliphatic hydroxyl groups is 1. The lowest BCUT2D eigenvalue weighted by Crippen LogP contribution is -2.29. The van der Waals surface area contributed by atoms with E-state index >= 15 is 0 Å². The number of hydrogen-bond donors (Lipinski definition) is 2. The first kappa shape index (κ1) is 23.9. The SMILES string of the molecule is CCCCCCCCCCCCC(O)COC(=O)C1CCC(C(=O)O)CC1. The highest BCUT2D eigenvalue weighted by Crippen LogP contribution is 2.29. The minimum absolute atomic E-state index is 0.0646. The van der Waals surface area contributed by atoms with Crippen LogP contribution >= 0.6 is 0 Å². The van der Waals surface area contributed by atoms with Crippen LogP contribution in [0.2, 0.25) is 0 Å². The van der Waals surface area contributed by atoms with E-state index < -0.39 is 12.1 Å². The van der Waals surface area contributed by atoms with E-state index in [2.05, 4.69) is 6.92 Å². The number of hydrogen-bond acceptors (Lipinski definition) is 4. The summed E-state index contributed by atoms with van der Waals surface area (Å²) in [5.74, 6) is -1.57. The first-order valence-corrected chi connectivity index (χ1v) is 11.1. The standard InChI is InChI=1S/C22H40O5/c1-2-3-4-5-6-7-8-9-10-11-12-20(23)17-27-22(26)19-15-13-18(14-16-19)21(24)25/h18-20,23H,2-17H2,1H3,(H,24,25). The average molecular weight is 385 g/mol. The van der Waals surface area contributed by atoms with E-state index in [1.54, 1.807) is 0 Å². The Bertz CT molecular complexity index is 402. The Morgan fingerprint density at radius 3 is 1.85 bits per heavy atom. The summed E-state index contributed by atoms with van der Waals surface area (Å²) in [6.45, 7) is 2.30. The zero-order valence-corrected chi connectivity index (χ0v) is 17.2. The van der Waals surface area contributed by atoms with Gasteiger partial charge in [0.05, 0.1) is 17.9 Å². The van der Waals surface area contributed by atoms with Crippen LogP contribution in [-0.2, 0) is 14.3 Å². The molecule has 0 radical (unpaired) electrons. The molecule has 2 N–H and O–H groups in total. The molecule has 1 aliphatic rings. The van der Waals surface area contributed by atoms with Crippen LogP contribution in [0.15, 0.2) is 0 Å². The highest BCUT2D eigenvalue weighted by atomic mass is 16.5. The molecule has 1 fully saturated rings. The third kappa shape index (κ3) is 11.4. The fraction of sp³-hybridized carbons (Fsp3) is 0.909. The number of rotatable bonds is 15. The van der Waals surface area contributed by atoms with Gasteiger partial charge in [0.1, 0.15) is 6.61 Å². The number of carbonyl (C=O) groups excluding carboxylic acids is 1. The predicted molar refractivity (Wildman–Crippen MR) is 107 cm³/mol. The van der Waals surface area contributed by atoms with E-state index in [0.29, 0.717) is 32.1 Å². The van der Waals surface area contributed by atoms with E-state index in [1.165, 1.54) is 51.4 Å². The van der Waals surface area contributed by atoms with Crippen molar-refractivity contribution in [2.24, 2.45) is 11.8 Å². The van der Waals surface area contributed by atoms with Crippen molar-refractivity contribution < 1.29 is 24.5 Å². The van der Waals surface area contributed by atoms with Crippen LogP contribution in [0.1, 0.15) is 103 Å². The van der Waals surface area contributed by atoms with E-state index in [0.717, 1.165) is 12.8 Å². The summed E-state index contributed by atoms with van der Waals surface area (Å²) in [5.41, 5.74) is 0. The van der Waals surface area contributed by atoms with Crippen LogP contribution in [0.3, 0.4) is 0 Å². The molecule has 0 spiro atoms. The average Bonchev–Trinajstić information content (AvgIpc) is 2.67. The molecule has 158 valence electrons. The molecular weight excluding hydrogens is 344 g/mol. The van der Waals surface area contributed by atoms with Gasteiger partial charge in [-0.2, -0.15) is 0 Å². The Morgan fingerprint density at radius 1 is 0.852 bits per heavy atom. The van der Waals surface area contributed by atoms with Gasteiger partial charge in [0.2, 0.25) is 0 Å². The largest absolute Gasteiger partial charge is 0.481 e. The molecule has 0 saturated heterocycles. The van der Waals surface area contributed by atoms with Gasteiger partial charge < -0.3 is 14.9 Å². The molecule has 1 unspecified atom stereocenters. The third-order valence-corrected chi connectivity index (χ3v) is 5.72. The van der Waals surface area contributed by atoms with Crippen molar-refractivity contribution >= 4 is 11.9 Å². The monoisotopic (exact) mass is 384 g/mol. The Labute approximate surface area is 164 Å². The first-order chi connectivity index (χ1) is 13.0. The van der Waals surface area contributed by atoms with E-state index in [-0.39, 0.29) is 24.4 Å². The predicted octanol–water partition coefficient (Wildman–Crippen LogP) is 5.09. The second-order valence-electron chi connectivity index (χ2n) is 8.14. The maximum atomic E-state index is 12.0. The Kier molecular flexibility index (Phi) is 13.2. The molecule has 1 aliphatic carbocycles. The van der Waals surface area contributed by atoms with Crippen molar-refractivity contribution in [2.45, 2.75) is 109 Å². The lowest BCUT2D eigenvalue weighted by molar-refractivity contribution is -0.155. The second-order valence-corrected chi connectivity index (χ2v) is 8.14. The third-order valence-electron chi connectivity index (χ3n) is 5.72. The van der Waals surface area contributed by atoms with Crippen molar-refractivity contribution in [1.29, 1.82) is 0 Å². The zero-order valence-electron chi connectivity index (χ0n) is 17.2. The van der Waals surface area contributed by atoms with Gasteiger partial charge in [0.15, 0.2) is 0 Å². The molecule has 1 rings (SSSR count). The molecule has 0 bridgehead atoms. The molecule has 5 heteroatoms. The number of aliphatic hydroxyl groups excluding tert-OH is 1. The first-order valence-electron chi connectivity index (χ1n) is 11.1. The van der Waals surface area contributed by atoms with Gasteiger partial charge in [-0.1, -0.05) is 71.1 Å². The van der Waals surface area contributed by atoms with Crippen LogP contribution in [0.5, 0.6) is 0 Å². The van der Waals surface area contributed by atoms with Gasteiger partial charge in [0.25, 0.3) is 0 Å². The summed E-state index contributed by atoms with van der Waals surface area (Å²) in [6.07, 6.45) is 14.9.